The molecular formula is C15H24N2O. The molecule has 0 aliphatic rings. The van der Waals surface area contributed by atoms with Crippen LogP contribution in [-0.4, -0.2) is 12.5 Å². The Morgan fingerprint density at radius 3 is 2.56 bits per heavy atom. The van der Waals surface area contributed by atoms with E-state index in [2.05, 4.69) is 18.3 Å². The van der Waals surface area contributed by atoms with E-state index in [4.69, 9.17) is 5.73 Å². The van der Waals surface area contributed by atoms with Crippen LogP contribution < -0.4 is 11.1 Å². The second kappa shape index (κ2) is 7.17. The second-order valence-electron chi connectivity index (χ2n) is 4.98. The summed E-state index contributed by atoms with van der Waals surface area (Å²) in [5, 5.41) is 3.01. The Hall–Kier alpha value is -1.35. The zero-order chi connectivity index (χ0) is 13.5. The Bertz CT molecular complexity index is 388. The molecule has 1 aromatic carbocycles. The normalized spacial score (nSPS) is 12.5. The predicted molar refractivity (Wildman–Crippen MR) is 76.4 cm³/mol. The van der Waals surface area contributed by atoms with E-state index in [9.17, 15) is 4.79 Å². The van der Waals surface area contributed by atoms with Gasteiger partial charge in [-0.3, -0.25) is 4.79 Å². The Morgan fingerprint density at radius 1 is 1.33 bits per heavy atom. The molecule has 0 aliphatic heterocycles. The summed E-state index contributed by atoms with van der Waals surface area (Å²) in [4.78, 5) is 12.2. The summed E-state index contributed by atoms with van der Waals surface area (Å²) in [6, 6.07) is 7.97. The van der Waals surface area contributed by atoms with Crippen molar-refractivity contribution in [2.75, 3.05) is 11.9 Å². The number of anilines is 1. The Kier molecular flexibility index (Phi) is 5.86. The summed E-state index contributed by atoms with van der Waals surface area (Å²) in [6.07, 6.45) is 2.04. The molecule has 1 aromatic rings. The highest BCUT2D eigenvalue weighted by atomic mass is 16.1. The standard InChI is InChI=1S/C15H24N2O/c1-4-7-12-8-5-6-9-14(12)17-15(18)13(10-16)11(2)3/h5-6,8-9,11,13H,4,7,10,16H2,1-3H3,(H,17,18). The minimum Gasteiger partial charge on any atom is -0.330 e. The molecule has 0 radical (unpaired) electrons. The van der Waals surface area contributed by atoms with E-state index in [1.54, 1.807) is 0 Å². The summed E-state index contributed by atoms with van der Waals surface area (Å²) in [5.74, 6) is 0.157. The summed E-state index contributed by atoms with van der Waals surface area (Å²) < 4.78 is 0. The highest BCUT2D eigenvalue weighted by Crippen LogP contribution is 2.19. The quantitative estimate of drug-likeness (QED) is 0.813. The van der Waals surface area contributed by atoms with Crippen LogP contribution in [-0.2, 0) is 11.2 Å². The molecule has 18 heavy (non-hydrogen) atoms. The highest BCUT2D eigenvalue weighted by Gasteiger charge is 2.20. The molecule has 0 bridgehead atoms. The SMILES string of the molecule is CCCc1ccccc1NC(=O)C(CN)C(C)C. The van der Waals surface area contributed by atoms with Gasteiger partial charge in [0.05, 0.1) is 5.92 Å². The van der Waals surface area contributed by atoms with Crippen molar-refractivity contribution < 1.29 is 4.79 Å². The van der Waals surface area contributed by atoms with E-state index in [0.29, 0.717) is 6.54 Å². The van der Waals surface area contributed by atoms with Crippen LogP contribution in [0.2, 0.25) is 0 Å². The first-order valence-electron chi connectivity index (χ1n) is 6.69. The predicted octanol–water partition coefficient (Wildman–Crippen LogP) is 2.81. The Morgan fingerprint density at radius 2 is 2.00 bits per heavy atom. The third kappa shape index (κ3) is 3.84. The van der Waals surface area contributed by atoms with Crippen LogP contribution in [0.1, 0.15) is 32.8 Å². The van der Waals surface area contributed by atoms with Gasteiger partial charge in [-0.2, -0.15) is 0 Å². The van der Waals surface area contributed by atoms with Crippen molar-refractivity contribution in [3.05, 3.63) is 29.8 Å². The Balaban J connectivity index is 2.80. The third-order valence-corrected chi connectivity index (χ3v) is 3.19. The Labute approximate surface area is 110 Å². The molecule has 0 aliphatic carbocycles. The van der Waals surface area contributed by atoms with Gasteiger partial charge in [-0.15, -0.1) is 0 Å². The number of para-hydroxylation sites is 1. The van der Waals surface area contributed by atoms with E-state index >= 15 is 0 Å². The zero-order valence-electron chi connectivity index (χ0n) is 11.6. The zero-order valence-corrected chi connectivity index (χ0v) is 11.6. The molecule has 0 saturated heterocycles. The van der Waals surface area contributed by atoms with Crippen LogP contribution in [0.15, 0.2) is 24.3 Å². The number of hydrogen-bond acceptors (Lipinski definition) is 2. The first kappa shape index (κ1) is 14.7. The van der Waals surface area contributed by atoms with Gasteiger partial charge < -0.3 is 11.1 Å². The van der Waals surface area contributed by atoms with E-state index in [0.717, 1.165) is 18.5 Å². The van der Waals surface area contributed by atoms with Crippen molar-refractivity contribution in [3.63, 3.8) is 0 Å². The first-order chi connectivity index (χ1) is 8.60. The number of nitrogens with two attached hydrogens (primary N) is 1. The van der Waals surface area contributed by atoms with Gasteiger partial charge in [-0.05, 0) is 24.0 Å². The lowest BCUT2D eigenvalue weighted by Crippen LogP contribution is -2.33. The average molecular weight is 248 g/mol. The molecule has 0 heterocycles. The topological polar surface area (TPSA) is 55.1 Å². The van der Waals surface area contributed by atoms with Crippen molar-refractivity contribution in [2.24, 2.45) is 17.6 Å². The number of aryl methyl sites for hydroxylation is 1. The lowest BCUT2D eigenvalue weighted by Gasteiger charge is -2.19. The molecule has 1 atom stereocenters. The fraction of sp³-hybridized carbons (Fsp3) is 0.533. The molecule has 0 saturated carbocycles. The molecule has 3 N–H and O–H groups in total. The van der Waals surface area contributed by atoms with Crippen LogP contribution in [0.25, 0.3) is 0 Å². The molecule has 0 spiro atoms. The number of amides is 1. The molecule has 3 heteroatoms. The van der Waals surface area contributed by atoms with Gasteiger partial charge in [-0.25, -0.2) is 0 Å². The van der Waals surface area contributed by atoms with Crippen LogP contribution in [0.5, 0.6) is 0 Å². The van der Waals surface area contributed by atoms with Crippen LogP contribution >= 0.6 is 0 Å². The lowest BCUT2D eigenvalue weighted by atomic mass is 9.95. The summed E-state index contributed by atoms with van der Waals surface area (Å²) in [6.45, 7) is 6.57. The van der Waals surface area contributed by atoms with Crippen molar-refractivity contribution in [3.8, 4) is 0 Å². The van der Waals surface area contributed by atoms with Crippen molar-refractivity contribution in [1.82, 2.24) is 0 Å². The monoisotopic (exact) mass is 248 g/mol. The second-order valence-corrected chi connectivity index (χ2v) is 4.98. The number of benzene rings is 1. The minimum atomic E-state index is -0.125. The van der Waals surface area contributed by atoms with Gasteiger partial charge in [-0.1, -0.05) is 45.4 Å². The van der Waals surface area contributed by atoms with Crippen molar-refractivity contribution in [1.29, 1.82) is 0 Å². The molecule has 1 unspecified atom stereocenters. The van der Waals surface area contributed by atoms with E-state index in [1.165, 1.54) is 5.56 Å². The van der Waals surface area contributed by atoms with Gasteiger partial charge in [0.1, 0.15) is 0 Å². The molecule has 1 rings (SSSR count). The van der Waals surface area contributed by atoms with Crippen LogP contribution in [0, 0.1) is 11.8 Å². The van der Waals surface area contributed by atoms with Gasteiger partial charge in [0.2, 0.25) is 5.91 Å². The highest BCUT2D eigenvalue weighted by molar-refractivity contribution is 5.93. The van der Waals surface area contributed by atoms with Gasteiger partial charge >= 0.3 is 0 Å². The third-order valence-electron chi connectivity index (χ3n) is 3.19. The van der Waals surface area contributed by atoms with Gasteiger partial charge in [0, 0.05) is 12.2 Å². The van der Waals surface area contributed by atoms with E-state index in [1.807, 2.05) is 32.0 Å². The van der Waals surface area contributed by atoms with Gasteiger partial charge in [0.25, 0.3) is 0 Å². The molecule has 3 nitrogen and oxygen atoms in total. The number of carbonyl (C=O) groups excluding carboxylic acids is 1. The first-order valence-corrected chi connectivity index (χ1v) is 6.69. The van der Waals surface area contributed by atoms with Crippen LogP contribution in [0.4, 0.5) is 5.69 Å². The van der Waals surface area contributed by atoms with Crippen molar-refractivity contribution >= 4 is 11.6 Å². The summed E-state index contributed by atoms with van der Waals surface area (Å²) in [5.41, 5.74) is 7.77. The lowest BCUT2D eigenvalue weighted by molar-refractivity contribution is -0.120. The fourth-order valence-electron chi connectivity index (χ4n) is 2.04. The largest absolute Gasteiger partial charge is 0.330 e. The molecular weight excluding hydrogens is 224 g/mol. The van der Waals surface area contributed by atoms with E-state index in [-0.39, 0.29) is 17.7 Å². The number of hydrogen-bond donors (Lipinski definition) is 2. The molecule has 0 fully saturated rings. The van der Waals surface area contributed by atoms with Gasteiger partial charge in [0.15, 0.2) is 0 Å². The molecule has 100 valence electrons. The average Bonchev–Trinajstić information content (AvgIpc) is 2.32. The molecule has 0 aromatic heterocycles. The smallest absolute Gasteiger partial charge is 0.229 e. The maximum Gasteiger partial charge on any atom is 0.229 e. The maximum absolute atomic E-state index is 12.2. The molecule has 1 amide bonds. The maximum atomic E-state index is 12.2. The van der Waals surface area contributed by atoms with E-state index < -0.39 is 0 Å². The number of rotatable bonds is 6. The number of carbonyl (C=O) groups is 1. The number of nitrogens with one attached hydrogen (secondary N) is 1. The summed E-state index contributed by atoms with van der Waals surface area (Å²) in [7, 11) is 0. The van der Waals surface area contributed by atoms with Crippen molar-refractivity contribution in [2.45, 2.75) is 33.6 Å². The fourth-order valence-corrected chi connectivity index (χ4v) is 2.04. The minimum absolute atomic E-state index is 0.0241. The summed E-state index contributed by atoms with van der Waals surface area (Å²) >= 11 is 0. The van der Waals surface area contributed by atoms with Crippen LogP contribution in [0.3, 0.4) is 0 Å².